The average Bonchev–Trinajstić information content (AvgIpc) is 2.73. The molecule has 0 saturated carbocycles. The molecule has 1 aromatic rings. The SMILES string of the molecule is O=C(COc1ccccc1)N1CCN(C2CCOC3(CCOCC3)C2)CC1. The van der Waals surface area contributed by atoms with Crippen molar-refractivity contribution >= 4 is 5.91 Å². The maximum atomic E-state index is 12.4. The van der Waals surface area contributed by atoms with Crippen molar-refractivity contribution in [3.63, 3.8) is 0 Å². The Morgan fingerprint density at radius 3 is 2.56 bits per heavy atom. The summed E-state index contributed by atoms with van der Waals surface area (Å²) in [5.74, 6) is 0.819. The molecule has 6 heteroatoms. The molecule has 3 saturated heterocycles. The number of carbonyl (C=O) groups is 1. The summed E-state index contributed by atoms with van der Waals surface area (Å²) in [6, 6.07) is 10.1. The first-order chi connectivity index (χ1) is 13.2. The van der Waals surface area contributed by atoms with Crippen molar-refractivity contribution in [1.82, 2.24) is 9.80 Å². The van der Waals surface area contributed by atoms with Gasteiger partial charge in [-0.3, -0.25) is 9.69 Å². The quantitative estimate of drug-likeness (QED) is 0.806. The van der Waals surface area contributed by atoms with Crippen LogP contribution in [0.3, 0.4) is 0 Å². The molecule has 1 amide bonds. The lowest BCUT2D eigenvalue weighted by Crippen LogP contribution is -2.57. The molecule has 0 radical (unpaired) electrons. The van der Waals surface area contributed by atoms with Crippen LogP contribution in [0.2, 0.25) is 0 Å². The summed E-state index contributed by atoms with van der Waals surface area (Å²) < 4.78 is 17.3. The first kappa shape index (κ1) is 18.7. The molecular formula is C21H30N2O4. The van der Waals surface area contributed by atoms with Crippen molar-refractivity contribution in [3.05, 3.63) is 30.3 Å². The minimum atomic E-state index is 0.0254. The van der Waals surface area contributed by atoms with Gasteiger partial charge in [-0.05, 0) is 37.8 Å². The predicted octanol–water partition coefficient (Wildman–Crippen LogP) is 1.94. The lowest BCUT2D eigenvalue weighted by molar-refractivity contribution is -0.155. The van der Waals surface area contributed by atoms with Crippen LogP contribution in [0.4, 0.5) is 0 Å². The van der Waals surface area contributed by atoms with Gasteiger partial charge in [0, 0.05) is 52.0 Å². The van der Waals surface area contributed by atoms with Crippen LogP contribution in [-0.4, -0.2) is 80.0 Å². The van der Waals surface area contributed by atoms with Gasteiger partial charge in [0.15, 0.2) is 6.61 Å². The van der Waals surface area contributed by atoms with Crippen molar-refractivity contribution < 1.29 is 19.0 Å². The second-order valence-electron chi connectivity index (χ2n) is 7.81. The molecule has 1 spiro atoms. The number of amides is 1. The highest BCUT2D eigenvalue weighted by molar-refractivity contribution is 5.77. The number of benzene rings is 1. The molecular weight excluding hydrogens is 344 g/mol. The van der Waals surface area contributed by atoms with Crippen LogP contribution >= 0.6 is 0 Å². The number of rotatable bonds is 4. The summed E-state index contributed by atoms with van der Waals surface area (Å²) in [5, 5.41) is 0. The minimum absolute atomic E-state index is 0.0254. The van der Waals surface area contributed by atoms with Crippen LogP contribution in [0.5, 0.6) is 5.75 Å². The molecule has 27 heavy (non-hydrogen) atoms. The lowest BCUT2D eigenvalue weighted by Gasteiger charge is -2.48. The molecule has 0 N–H and O–H groups in total. The number of hydrogen-bond acceptors (Lipinski definition) is 5. The van der Waals surface area contributed by atoms with Crippen LogP contribution in [0.15, 0.2) is 30.3 Å². The second-order valence-corrected chi connectivity index (χ2v) is 7.81. The van der Waals surface area contributed by atoms with Crippen molar-refractivity contribution in [2.24, 2.45) is 0 Å². The average molecular weight is 374 g/mol. The Hall–Kier alpha value is -1.63. The molecule has 3 aliphatic heterocycles. The molecule has 0 aromatic heterocycles. The number of piperazine rings is 1. The maximum absolute atomic E-state index is 12.4. The van der Waals surface area contributed by atoms with Gasteiger partial charge in [0.05, 0.1) is 5.60 Å². The summed E-state index contributed by atoms with van der Waals surface area (Å²) in [6.45, 7) is 6.03. The number of para-hydroxylation sites is 1. The lowest BCUT2D eigenvalue weighted by atomic mass is 9.83. The Labute approximate surface area is 161 Å². The van der Waals surface area contributed by atoms with Crippen LogP contribution in [-0.2, 0) is 14.3 Å². The summed E-state index contributed by atoms with van der Waals surface area (Å²) in [4.78, 5) is 16.9. The Morgan fingerprint density at radius 2 is 1.81 bits per heavy atom. The van der Waals surface area contributed by atoms with Gasteiger partial charge < -0.3 is 19.1 Å². The van der Waals surface area contributed by atoms with E-state index < -0.39 is 0 Å². The topological polar surface area (TPSA) is 51.2 Å². The number of carbonyl (C=O) groups excluding carboxylic acids is 1. The van der Waals surface area contributed by atoms with Gasteiger partial charge in [0.2, 0.25) is 0 Å². The van der Waals surface area contributed by atoms with Crippen LogP contribution in [0.1, 0.15) is 25.7 Å². The Morgan fingerprint density at radius 1 is 1.07 bits per heavy atom. The van der Waals surface area contributed by atoms with Gasteiger partial charge in [-0.25, -0.2) is 0 Å². The highest BCUT2D eigenvalue weighted by atomic mass is 16.5. The van der Waals surface area contributed by atoms with E-state index in [-0.39, 0.29) is 18.1 Å². The fourth-order valence-electron chi connectivity index (χ4n) is 4.49. The van der Waals surface area contributed by atoms with Crippen molar-refractivity contribution in [2.45, 2.75) is 37.3 Å². The molecule has 1 unspecified atom stereocenters. The maximum Gasteiger partial charge on any atom is 0.260 e. The number of nitrogens with zero attached hydrogens (tertiary/aromatic N) is 2. The molecule has 0 bridgehead atoms. The molecule has 3 heterocycles. The Bertz CT molecular complexity index is 604. The summed E-state index contributed by atoms with van der Waals surface area (Å²) >= 11 is 0. The molecule has 1 atom stereocenters. The van der Waals surface area contributed by atoms with E-state index in [1.54, 1.807) is 0 Å². The third-order valence-electron chi connectivity index (χ3n) is 6.16. The fourth-order valence-corrected chi connectivity index (χ4v) is 4.49. The minimum Gasteiger partial charge on any atom is -0.484 e. The first-order valence-corrected chi connectivity index (χ1v) is 10.2. The molecule has 0 aliphatic carbocycles. The summed E-state index contributed by atoms with van der Waals surface area (Å²) in [5.41, 5.74) is 0.0254. The van der Waals surface area contributed by atoms with Crippen molar-refractivity contribution in [1.29, 1.82) is 0 Å². The zero-order valence-corrected chi connectivity index (χ0v) is 16.0. The van der Waals surface area contributed by atoms with Crippen molar-refractivity contribution in [2.75, 3.05) is 52.6 Å². The van der Waals surface area contributed by atoms with E-state index >= 15 is 0 Å². The van der Waals surface area contributed by atoms with Gasteiger partial charge in [-0.1, -0.05) is 18.2 Å². The smallest absolute Gasteiger partial charge is 0.260 e. The number of hydrogen-bond donors (Lipinski definition) is 0. The Balaban J connectivity index is 1.24. The Kier molecular flexibility index (Phi) is 5.95. The monoisotopic (exact) mass is 374 g/mol. The van der Waals surface area contributed by atoms with Gasteiger partial charge in [0.1, 0.15) is 5.75 Å². The standard InChI is InChI=1S/C21H30N2O4/c24-20(17-26-19-4-2-1-3-5-19)23-11-9-22(10-12-23)18-6-13-27-21(16-18)7-14-25-15-8-21/h1-5,18H,6-17H2. The normalized spacial score (nSPS) is 26.1. The van der Waals surface area contributed by atoms with Gasteiger partial charge >= 0.3 is 0 Å². The van der Waals surface area contributed by atoms with Crippen LogP contribution < -0.4 is 4.74 Å². The summed E-state index contributed by atoms with van der Waals surface area (Å²) in [6.07, 6.45) is 4.21. The van der Waals surface area contributed by atoms with Gasteiger partial charge in [-0.15, -0.1) is 0 Å². The second kappa shape index (κ2) is 8.59. The van der Waals surface area contributed by atoms with Crippen molar-refractivity contribution in [3.8, 4) is 5.75 Å². The van der Waals surface area contributed by atoms with Gasteiger partial charge in [-0.2, -0.15) is 0 Å². The highest BCUT2D eigenvalue weighted by Crippen LogP contribution is 2.36. The highest BCUT2D eigenvalue weighted by Gasteiger charge is 2.41. The van der Waals surface area contributed by atoms with E-state index in [9.17, 15) is 4.79 Å². The molecule has 148 valence electrons. The van der Waals surface area contributed by atoms with E-state index in [1.165, 1.54) is 0 Å². The fraction of sp³-hybridized carbons (Fsp3) is 0.667. The zero-order chi connectivity index (χ0) is 18.5. The van der Waals surface area contributed by atoms with E-state index in [4.69, 9.17) is 14.2 Å². The largest absolute Gasteiger partial charge is 0.484 e. The number of ether oxygens (including phenoxy) is 3. The summed E-state index contributed by atoms with van der Waals surface area (Å²) in [7, 11) is 0. The van der Waals surface area contributed by atoms with E-state index in [1.807, 2.05) is 35.2 Å². The van der Waals surface area contributed by atoms with Crippen LogP contribution in [0, 0.1) is 0 Å². The van der Waals surface area contributed by atoms with Crippen LogP contribution in [0.25, 0.3) is 0 Å². The molecule has 6 nitrogen and oxygen atoms in total. The van der Waals surface area contributed by atoms with E-state index in [0.29, 0.717) is 6.04 Å². The predicted molar refractivity (Wildman–Crippen MR) is 102 cm³/mol. The molecule has 3 aliphatic rings. The van der Waals surface area contributed by atoms with Gasteiger partial charge in [0.25, 0.3) is 5.91 Å². The third kappa shape index (κ3) is 4.62. The third-order valence-corrected chi connectivity index (χ3v) is 6.16. The molecule has 3 fully saturated rings. The zero-order valence-electron chi connectivity index (χ0n) is 16.0. The van der Waals surface area contributed by atoms with E-state index in [0.717, 1.165) is 77.4 Å². The molecule has 1 aromatic carbocycles. The van der Waals surface area contributed by atoms with E-state index in [2.05, 4.69) is 4.90 Å². The first-order valence-electron chi connectivity index (χ1n) is 10.2. The molecule has 4 rings (SSSR count).